The summed E-state index contributed by atoms with van der Waals surface area (Å²) in [6.07, 6.45) is 0. The van der Waals surface area contributed by atoms with Gasteiger partial charge >= 0.3 is 5.51 Å². The van der Waals surface area contributed by atoms with Crippen LogP contribution in [0.15, 0.2) is 29.2 Å². The first kappa shape index (κ1) is 14.6. The van der Waals surface area contributed by atoms with Crippen LogP contribution >= 0.6 is 0 Å². The van der Waals surface area contributed by atoms with Gasteiger partial charge in [-0.15, -0.1) is 0 Å². The van der Waals surface area contributed by atoms with Crippen LogP contribution in [0.2, 0.25) is 0 Å². The maximum atomic E-state index is 12.5. The lowest BCUT2D eigenvalue weighted by Crippen LogP contribution is -2.26. The van der Waals surface area contributed by atoms with Gasteiger partial charge in [0.1, 0.15) is 0 Å². The standard InChI is InChI=1S/C13H15F3N2O2S/c14-13(15,16)21(19,20)12-3-1-11(2-4-12)18-7-9-5-17-6-10(9)8-18/h1-4,9-10,17H,5-8H2. The summed E-state index contributed by atoms with van der Waals surface area (Å²) in [7, 11) is -5.26. The third-order valence-corrected chi connectivity index (χ3v) is 5.71. The van der Waals surface area contributed by atoms with Crippen molar-refractivity contribution >= 4 is 15.5 Å². The average molecular weight is 320 g/mol. The molecule has 2 heterocycles. The minimum Gasteiger partial charge on any atom is -0.371 e. The number of rotatable bonds is 2. The fraction of sp³-hybridized carbons (Fsp3) is 0.538. The summed E-state index contributed by atoms with van der Waals surface area (Å²) in [5.41, 5.74) is -4.49. The Balaban J connectivity index is 1.79. The number of nitrogens with one attached hydrogen (secondary N) is 1. The van der Waals surface area contributed by atoms with E-state index in [1.807, 2.05) is 0 Å². The van der Waals surface area contributed by atoms with Gasteiger partial charge < -0.3 is 10.2 Å². The average Bonchev–Trinajstić information content (AvgIpc) is 2.98. The molecule has 0 aliphatic carbocycles. The first-order valence-corrected chi connectivity index (χ1v) is 8.14. The summed E-state index contributed by atoms with van der Waals surface area (Å²) in [5.74, 6) is 1.12. The second-order valence-electron chi connectivity index (χ2n) is 5.53. The monoisotopic (exact) mass is 320 g/mol. The fourth-order valence-corrected chi connectivity index (χ4v) is 3.80. The van der Waals surface area contributed by atoms with Gasteiger partial charge in [-0.25, -0.2) is 8.42 Å². The van der Waals surface area contributed by atoms with Crippen molar-refractivity contribution in [1.82, 2.24) is 5.32 Å². The smallest absolute Gasteiger partial charge is 0.371 e. The van der Waals surface area contributed by atoms with Crippen LogP contribution in [0.25, 0.3) is 0 Å². The van der Waals surface area contributed by atoms with Crippen LogP contribution in [0.5, 0.6) is 0 Å². The van der Waals surface area contributed by atoms with E-state index in [0.29, 0.717) is 11.8 Å². The van der Waals surface area contributed by atoms with E-state index in [4.69, 9.17) is 0 Å². The third-order valence-electron chi connectivity index (χ3n) is 4.21. The molecule has 21 heavy (non-hydrogen) atoms. The van der Waals surface area contributed by atoms with Gasteiger partial charge in [-0.1, -0.05) is 0 Å². The van der Waals surface area contributed by atoms with Crippen LogP contribution in [-0.2, 0) is 9.84 Å². The molecule has 3 rings (SSSR count). The van der Waals surface area contributed by atoms with Crippen molar-refractivity contribution in [2.45, 2.75) is 10.4 Å². The second kappa shape index (κ2) is 4.88. The Morgan fingerprint density at radius 2 is 1.57 bits per heavy atom. The highest BCUT2D eigenvalue weighted by atomic mass is 32.2. The summed E-state index contributed by atoms with van der Waals surface area (Å²) in [6.45, 7) is 3.62. The Kier molecular flexibility index (Phi) is 3.40. The molecule has 0 aromatic heterocycles. The maximum absolute atomic E-state index is 12.5. The summed E-state index contributed by atoms with van der Waals surface area (Å²) in [6, 6.07) is 4.97. The zero-order valence-corrected chi connectivity index (χ0v) is 11.9. The maximum Gasteiger partial charge on any atom is 0.501 e. The molecule has 0 radical (unpaired) electrons. The van der Waals surface area contributed by atoms with Crippen molar-refractivity contribution in [3.8, 4) is 0 Å². The van der Waals surface area contributed by atoms with Crippen LogP contribution in [-0.4, -0.2) is 40.1 Å². The molecule has 2 aliphatic heterocycles. The molecule has 8 heteroatoms. The van der Waals surface area contributed by atoms with Crippen LogP contribution in [0.3, 0.4) is 0 Å². The number of sulfone groups is 1. The van der Waals surface area contributed by atoms with Gasteiger partial charge in [0.25, 0.3) is 9.84 Å². The Bertz CT molecular complexity index is 616. The van der Waals surface area contributed by atoms with E-state index in [9.17, 15) is 21.6 Å². The number of benzene rings is 1. The van der Waals surface area contributed by atoms with E-state index in [1.54, 1.807) is 0 Å². The molecular weight excluding hydrogens is 305 g/mol. The van der Waals surface area contributed by atoms with Gasteiger partial charge in [0, 0.05) is 31.9 Å². The van der Waals surface area contributed by atoms with Gasteiger partial charge in [-0.3, -0.25) is 0 Å². The number of alkyl halides is 3. The van der Waals surface area contributed by atoms with E-state index < -0.39 is 20.2 Å². The predicted molar refractivity (Wildman–Crippen MR) is 71.7 cm³/mol. The highest BCUT2D eigenvalue weighted by molar-refractivity contribution is 7.92. The molecule has 116 valence electrons. The molecule has 1 aromatic rings. The zero-order chi connectivity index (χ0) is 15.3. The highest BCUT2D eigenvalue weighted by Crippen LogP contribution is 2.33. The number of anilines is 1. The van der Waals surface area contributed by atoms with Crippen molar-refractivity contribution in [2.24, 2.45) is 11.8 Å². The molecule has 0 saturated carbocycles. The molecule has 2 saturated heterocycles. The quantitative estimate of drug-likeness (QED) is 0.900. The van der Waals surface area contributed by atoms with E-state index in [1.165, 1.54) is 12.1 Å². The van der Waals surface area contributed by atoms with Crippen LogP contribution in [0, 0.1) is 11.8 Å². The number of hydrogen-bond acceptors (Lipinski definition) is 4. The molecule has 1 N–H and O–H groups in total. The molecule has 0 amide bonds. The van der Waals surface area contributed by atoms with Crippen LogP contribution < -0.4 is 10.2 Å². The minimum atomic E-state index is -5.26. The van der Waals surface area contributed by atoms with Gasteiger partial charge in [0.05, 0.1) is 4.90 Å². The Labute approximate surface area is 120 Å². The lowest BCUT2D eigenvalue weighted by Gasteiger charge is -2.20. The molecule has 0 bridgehead atoms. The van der Waals surface area contributed by atoms with E-state index in [-0.39, 0.29) is 0 Å². The summed E-state index contributed by atoms with van der Waals surface area (Å²) < 4.78 is 60.0. The molecule has 2 aliphatic rings. The Morgan fingerprint density at radius 3 is 2.05 bits per heavy atom. The van der Waals surface area contributed by atoms with Crippen molar-refractivity contribution in [3.05, 3.63) is 24.3 Å². The van der Waals surface area contributed by atoms with Crippen LogP contribution in [0.1, 0.15) is 0 Å². The lowest BCUT2D eigenvalue weighted by atomic mass is 10.0. The fourth-order valence-electron chi connectivity index (χ4n) is 3.04. The summed E-state index contributed by atoms with van der Waals surface area (Å²) in [5, 5.41) is 3.31. The first-order chi connectivity index (χ1) is 9.79. The molecule has 2 atom stereocenters. The van der Waals surface area contributed by atoms with Gasteiger partial charge in [0.15, 0.2) is 0 Å². The molecule has 2 unspecified atom stereocenters. The van der Waals surface area contributed by atoms with Crippen molar-refractivity contribution in [1.29, 1.82) is 0 Å². The first-order valence-electron chi connectivity index (χ1n) is 6.66. The second-order valence-corrected chi connectivity index (χ2v) is 7.47. The SMILES string of the molecule is O=S(=O)(c1ccc(N2CC3CNCC3C2)cc1)C(F)(F)F. The highest BCUT2D eigenvalue weighted by Gasteiger charge is 2.46. The molecule has 0 spiro atoms. The van der Waals surface area contributed by atoms with Crippen molar-refractivity contribution in [2.75, 3.05) is 31.1 Å². The van der Waals surface area contributed by atoms with Gasteiger partial charge in [-0.2, -0.15) is 13.2 Å². The number of nitrogens with zero attached hydrogens (tertiary/aromatic N) is 1. The van der Waals surface area contributed by atoms with E-state index in [2.05, 4.69) is 10.2 Å². The summed E-state index contributed by atoms with van der Waals surface area (Å²) >= 11 is 0. The topological polar surface area (TPSA) is 49.4 Å². The lowest BCUT2D eigenvalue weighted by molar-refractivity contribution is -0.0436. The van der Waals surface area contributed by atoms with Gasteiger partial charge in [0.2, 0.25) is 0 Å². The Morgan fingerprint density at radius 1 is 1.05 bits per heavy atom. The van der Waals surface area contributed by atoms with E-state index in [0.717, 1.165) is 44.0 Å². The summed E-state index contributed by atoms with van der Waals surface area (Å²) in [4.78, 5) is 1.39. The van der Waals surface area contributed by atoms with Crippen molar-refractivity contribution in [3.63, 3.8) is 0 Å². The normalized spacial score (nSPS) is 26.1. The predicted octanol–water partition coefficient (Wildman–Crippen LogP) is 1.64. The largest absolute Gasteiger partial charge is 0.501 e. The molecular formula is C13H15F3N2O2S. The third kappa shape index (κ3) is 2.50. The number of halogens is 3. The molecule has 2 fully saturated rings. The van der Waals surface area contributed by atoms with Crippen molar-refractivity contribution < 1.29 is 21.6 Å². The Hall–Kier alpha value is -1.28. The molecule has 1 aromatic carbocycles. The number of fused-ring (bicyclic) bond motifs is 1. The van der Waals surface area contributed by atoms with Crippen LogP contribution in [0.4, 0.5) is 18.9 Å². The minimum absolute atomic E-state index is 0.559. The number of hydrogen-bond donors (Lipinski definition) is 1. The molecule has 4 nitrogen and oxygen atoms in total. The zero-order valence-electron chi connectivity index (χ0n) is 11.1. The van der Waals surface area contributed by atoms with E-state index >= 15 is 0 Å². The van der Waals surface area contributed by atoms with Gasteiger partial charge in [-0.05, 0) is 36.1 Å².